The number of hydrogen-bond acceptors (Lipinski definition) is 5. The molecule has 2 fully saturated rings. The Kier molecular flexibility index (Phi) is 3.20. The summed E-state index contributed by atoms with van der Waals surface area (Å²) in [4.78, 5) is 6.26. The van der Waals surface area contributed by atoms with Crippen LogP contribution < -0.4 is 10.5 Å². The molecule has 19 heavy (non-hydrogen) atoms. The number of hydrogen-bond donors (Lipinski definition) is 2. The molecule has 0 bridgehead atoms. The molecule has 0 spiro atoms. The predicted molar refractivity (Wildman–Crippen MR) is 72.0 cm³/mol. The molecule has 1 unspecified atom stereocenters. The maximum atomic E-state index is 12.3. The first-order valence-corrected chi connectivity index (χ1v) is 8.00. The molecule has 3 rings (SSSR count). The Morgan fingerprint density at radius 2 is 2.16 bits per heavy atom. The van der Waals surface area contributed by atoms with E-state index in [0.29, 0.717) is 6.04 Å². The van der Waals surface area contributed by atoms with E-state index < -0.39 is 10.0 Å². The van der Waals surface area contributed by atoms with Gasteiger partial charge in [-0.15, -0.1) is 0 Å². The number of likely N-dealkylation sites (tertiary alicyclic amines) is 1. The molecule has 1 aromatic heterocycles. The van der Waals surface area contributed by atoms with Crippen LogP contribution in [-0.4, -0.2) is 43.5 Å². The van der Waals surface area contributed by atoms with Crippen molar-refractivity contribution in [3.8, 4) is 0 Å². The molecular weight excluding hydrogens is 264 g/mol. The van der Waals surface area contributed by atoms with E-state index in [9.17, 15) is 8.42 Å². The first kappa shape index (κ1) is 12.8. The molecule has 1 saturated heterocycles. The summed E-state index contributed by atoms with van der Waals surface area (Å²) in [7, 11) is -3.57. The van der Waals surface area contributed by atoms with Gasteiger partial charge in [0, 0.05) is 37.6 Å². The van der Waals surface area contributed by atoms with Gasteiger partial charge >= 0.3 is 0 Å². The number of rotatable bonds is 4. The maximum Gasteiger partial charge on any atom is 0.244 e. The van der Waals surface area contributed by atoms with Crippen LogP contribution in [0.4, 0.5) is 5.69 Å². The number of nitrogens with zero attached hydrogens (tertiary/aromatic N) is 2. The second-order valence-corrected chi connectivity index (χ2v) is 6.93. The number of nitrogen functional groups attached to an aromatic ring is 1. The number of anilines is 1. The largest absolute Gasteiger partial charge is 0.398 e. The lowest BCUT2D eigenvalue weighted by Gasteiger charge is -2.16. The van der Waals surface area contributed by atoms with Gasteiger partial charge in [0.15, 0.2) is 0 Å². The van der Waals surface area contributed by atoms with Crippen molar-refractivity contribution in [3.05, 3.63) is 18.5 Å². The Hall–Kier alpha value is -1.18. The summed E-state index contributed by atoms with van der Waals surface area (Å²) in [5.74, 6) is 0. The first-order valence-electron chi connectivity index (χ1n) is 6.52. The summed E-state index contributed by atoms with van der Waals surface area (Å²) in [5, 5.41) is 0. The van der Waals surface area contributed by atoms with Crippen molar-refractivity contribution in [2.45, 2.75) is 36.2 Å². The van der Waals surface area contributed by atoms with Gasteiger partial charge in [0.25, 0.3) is 0 Å². The van der Waals surface area contributed by atoms with Crippen molar-refractivity contribution in [2.24, 2.45) is 0 Å². The lowest BCUT2D eigenvalue weighted by Crippen LogP contribution is -2.37. The van der Waals surface area contributed by atoms with Gasteiger partial charge < -0.3 is 5.73 Å². The van der Waals surface area contributed by atoms with Gasteiger partial charge in [0.2, 0.25) is 10.0 Å². The van der Waals surface area contributed by atoms with Crippen LogP contribution in [0.15, 0.2) is 23.4 Å². The average Bonchev–Trinajstić information content (AvgIpc) is 3.11. The van der Waals surface area contributed by atoms with Gasteiger partial charge in [-0.25, -0.2) is 13.1 Å². The zero-order chi connectivity index (χ0) is 13.5. The third kappa shape index (κ3) is 2.72. The molecule has 0 aromatic carbocycles. The van der Waals surface area contributed by atoms with Crippen molar-refractivity contribution < 1.29 is 8.42 Å². The fraction of sp³-hybridized carbons (Fsp3) is 0.583. The summed E-state index contributed by atoms with van der Waals surface area (Å²) in [6.07, 6.45) is 6.13. The predicted octanol–water partition coefficient (Wildman–Crippen LogP) is 0.179. The molecule has 6 nitrogen and oxygen atoms in total. The summed E-state index contributed by atoms with van der Waals surface area (Å²) >= 11 is 0. The van der Waals surface area contributed by atoms with E-state index in [1.165, 1.54) is 31.3 Å². The second kappa shape index (κ2) is 4.73. The van der Waals surface area contributed by atoms with E-state index in [4.69, 9.17) is 5.73 Å². The molecule has 0 amide bonds. The van der Waals surface area contributed by atoms with Crippen LogP contribution in [0.25, 0.3) is 0 Å². The van der Waals surface area contributed by atoms with E-state index in [1.807, 2.05) is 0 Å². The van der Waals surface area contributed by atoms with Crippen LogP contribution in [-0.2, 0) is 10.0 Å². The van der Waals surface area contributed by atoms with Gasteiger partial charge in [0.05, 0.1) is 5.69 Å². The number of nitrogens with two attached hydrogens (primary N) is 1. The van der Waals surface area contributed by atoms with E-state index in [-0.39, 0.29) is 16.6 Å². The van der Waals surface area contributed by atoms with Crippen molar-refractivity contribution in [1.82, 2.24) is 14.6 Å². The maximum absolute atomic E-state index is 12.3. The topological polar surface area (TPSA) is 88.3 Å². The highest BCUT2D eigenvalue weighted by molar-refractivity contribution is 7.89. The minimum atomic E-state index is -3.57. The van der Waals surface area contributed by atoms with Crippen LogP contribution >= 0.6 is 0 Å². The Morgan fingerprint density at radius 1 is 1.37 bits per heavy atom. The highest BCUT2D eigenvalue weighted by Gasteiger charge is 2.36. The number of sulfonamides is 1. The fourth-order valence-electron chi connectivity index (χ4n) is 2.55. The van der Waals surface area contributed by atoms with Crippen molar-refractivity contribution in [1.29, 1.82) is 0 Å². The van der Waals surface area contributed by atoms with Crippen molar-refractivity contribution in [3.63, 3.8) is 0 Å². The van der Waals surface area contributed by atoms with Crippen molar-refractivity contribution in [2.75, 3.05) is 18.8 Å². The number of nitrogens with one attached hydrogen (secondary N) is 1. The molecule has 3 N–H and O–H groups in total. The molecule has 1 aliphatic carbocycles. The van der Waals surface area contributed by atoms with Crippen LogP contribution in [0.1, 0.15) is 19.3 Å². The average molecular weight is 282 g/mol. The SMILES string of the molecule is Nc1ccncc1S(=O)(=O)NC1CCN(C2CC2)C1. The van der Waals surface area contributed by atoms with Gasteiger partial charge in [-0.2, -0.15) is 0 Å². The van der Waals surface area contributed by atoms with Gasteiger partial charge in [0.1, 0.15) is 4.90 Å². The van der Waals surface area contributed by atoms with Crippen molar-refractivity contribution >= 4 is 15.7 Å². The van der Waals surface area contributed by atoms with Crippen LogP contribution in [0, 0.1) is 0 Å². The Morgan fingerprint density at radius 3 is 2.84 bits per heavy atom. The van der Waals surface area contributed by atoms with E-state index in [2.05, 4.69) is 14.6 Å². The zero-order valence-electron chi connectivity index (χ0n) is 10.6. The lowest BCUT2D eigenvalue weighted by atomic mass is 10.3. The third-order valence-electron chi connectivity index (χ3n) is 3.71. The molecule has 2 aliphatic rings. The molecule has 104 valence electrons. The van der Waals surface area contributed by atoms with E-state index in [0.717, 1.165) is 19.5 Å². The molecule has 1 aliphatic heterocycles. The summed E-state index contributed by atoms with van der Waals surface area (Å²) in [6, 6.07) is 2.16. The molecule has 1 atom stereocenters. The Balaban J connectivity index is 1.70. The van der Waals surface area contributed by atoms with E-state index in [1.54, 1.807) is 0 Å². The monoisotopic (exact) mass is 282 g/mol. The van der Waals surface area contributed by atoms with Gasteiger partial charge in [-0.3, -0.25) is 9.88 Å². The number of pyridine rings is 1. The normalized spacial score (nSPS) is 24.7. The Bertz CT molecular complexity index is 571. The molecular formula is C12H18N4O2S. The zero-order valence-corrected chi connectivity index (χ0v) is 11.4. The van der Waals surface area contributed by atoms with Gasteiger partial charge in [-0.05, 0) is 25.3 Å². The third-order valence-corrected chi connectivity index (χ3v) is 5.27. The van der Waals surface area contributed by atoms with E-state index >= 15 is 0 Å². The quantitative estimate of drug-likeness (QED) is 0.822. The van der Waals surface area contributed by atoms with Gasteiger partial charge in [-0.1, -0.05) is 0 Å². The molecule has 1 aromatic rings. The second-order valence-electron chi connectivity index (χ2n) is 5.25. The summed E-state index contributed by atoms with van der Waals surface area (Å²) < 4.78 is 27.2. The highest BCUT2D eigenvalue weighted by atomic mass is 32.2. The minimum Gasteiger partial charge on any atom is -0.398 e. The molecule has 7 heteroatoms. The Labute approximate surface area is 113 Å². The summed E-state index contributed by atoms with van der Waals surface area (Å²) in [6.45, 7) is 1.77. The highest BCUT2D eigenvalue weighted by Crippen LogP contribution is 2.30. The van der Waals surface area contributed by atoms with Crippen LogP contribution in [0.2, 0.25) is 0 Å². The van der Waals surface area contributed by atoms with Crippen LogP contribution in [0.3, 0.4) is 0 Å². The van der Waals surface area contributed by atoms with Crippen LogP contribution in [0.5, 0.6) is 0 Å². The smallest absolute Gasteiger partial charge is 0.244 e. The fourth-order valence-corrected chi connectivity index (χ4v) is 3.89. The molecule has 1 saturated carbocycles. The lowest BCUT2D eigenvalue weighted by molar-refractivity contribution is 0.322. The molecule has 2 heterocycles. The number of aromatic nitrogens is 1. The molecule has 0 radical (unpaired) electrons. The standard InChI is InChI=1S/C12H18N4O2S/c13-11-3-5-14-7-12(11)19(17,18)15-9-4-6-16(8-9)10-1-2-10/h3,5,7,9-10,15H,1-2,4,6,8H2,(H2,13,14). The summed E-state index contributed by atoms with van der Waals surface area (Å²) in [5.41, 5.74) is 5.93. The minimum absolute atomic E-state index is 0.0230. The first-order chi connectivity index (χ1) is 9.06.